The molecular formula is C22H19N3O5. The standard InChI is InChI=1S/C22H19N3O5/c1-28-18-7-9-20(10-8-18)30-13-12-29-19-5-2-16(3-6-19)21-15-24-14-17(25(26)27)4-11-22(24)23-21/h2-11,14-15H,12-13H2,1H3. The van der Waals surface area contributed by atoms with Crippen molar-refractivity contribution in [1.82, 2.24) is 9.38 Å². The van der Waals surface area contributed by atoms with Gasteiger partial charge in [-0.25, -0.2) is 4.98 Å². The zero-order valence-corrected chi connectivity index (χ0v) is 16.2. The van der Waals surface area contributed by atoms with Crippen LogP contribution < -0.4 is 14.2 Å². The van der Waals surface area contributed by atoms with Crippen LogP contribution in [0.5, 0.6) is 17.2 Å². The van der Waals surface area contributed by atoms with Crippen molar-refractivity contribution in [3.8, 4) is 28.5 Å². The lowest BCUT2D eigenvalue weighted by atomic mass is 10.2. The molecule has 2 aromatic heterocycles. The maximum absolute atomic E-state index is 10.9. The van der Waals surface area contributed by atoms with Crippen LogP contribution in [0.3, 0.4) is 0 Å². The van der Waals surface area contributed by atoms with E-state index in [1.807, 2.05) is 48.5 Å². The fraction of sp³-hybridized carbons (Fsp3) is 0.136. The summed E-state index contributed by atoms with van der Waals surface area (Å²) in [7, 11) is 1.62. The number of aromatic nitrogens is 2. The van der Waals surface area contributed by atoms with E-state index in [0.29, 0.717) is 18.9 Å². The van der Waals surface area contributed by atoms with Gasteiger partial charge in [-0.1, -0.05) is 0 Å². The minimum Gasteiger partial charge on any atom is -0.497 e. The fourth-order valence-corrected chi connectivity index (χ4v) is 2.94. The van der Waals surface area contributed by atoms with E-state index in [9.17, 15) is 10.1 Å². The van der Waals surface area contributed by atoms with Crippen LogP contribution in [0.25, 0.3) is 16.9 Å². The molecule has 0 bridgehead atoms. The number of rotatable bonds is 8. The molecule has 0 saturated carbocycles. The van der Waals surface area contributed by atoms with Crippen LogP contribution in [0.4, 0.5) is 5.69 Å². The highest BCUT2D eigenvalue weighted by molar-refractivity contribution is 5.63. The normalized spacial score (nSPS) is 10.7. The molecule has 0 N–H and O–H groups in total. The average Bonchev–Trinajstić information content (AvgIpc) is 3.21. The highest BCUT2D eigenvalue weighted by Crippen LogP contribution is 2.24. The Morgan fingerprint density at radius 1 is 0.867 bits per heavy atom. The van der Waals surface area contributed by atoms with Gasteiger partial charge in [0.05, 0.1) is 23.9 Å². The third kappa shape index (κ3) is 4.33. The predicted octanol–water partition coefficient (Wildman–Crippen LogP) is 4.38. The van der Waals surface area contributed by atoms with E-state index in [-0.39, 0.29) is 5.69 Å². The first-order chi connectivity index (χ1) is 14.6. The van der Waals surface area contributed by atoms with E-state index in [4.69, 9.17) is 14.2 Å². The second-order valence-electron chi connectivity index (χ2n) is 6.43. The van der Waals surface area contributed by atoms with Gasteiger partial charge in [0.25, 0.3) is 5.69 Å². The topological polar surface area (TPSA) is 88.1 Å². The van der Waals surface area contributed by atoms with Crippen LogP contribution in [0.2, 0.25) is 0 Å². The number of nitro groups is 1. The van der Waals surface area contributed by atoms with Gasteiger partial charge in [0.2, 0.25) is 0 Å². The lowest BCUT2D eigenvalue weighted by molar-refractivity contribution is -0.385. The Bertz CT molecular complexity index is 1150. The molecule has 0 aliphatic rings. The molecular weight excluding hydrogens is 386 g/mol. The predicted molar refractivity (Wildman–Crippen MR) is 111 cm³/mol. The van der Waals surface area contributed by atoms with Gasteiger partial charge in [0.1, 0.15) is 36.1 Å². The summed E-state index contributed by atoms with van der Waals surface area (Å²) >= 11 is 0. The quantitative estimate of drug-likeness (QED) is 0.246. The number of nitrogens with zero attached hydrogens (tertiary/aromatic N) is 3. The van der Waals surface area contributed by atoms with Gasteiger partial charge >= 0.3 is 0 Å². The first-order valence-electron chi connectivity index (χ1n) is 9.25. The molecule has 0 aliphatic carbocycles. The zero-order valence-electron chi connectivity index (χ0n) is 16.2. The summed E-state index contributed by atoms with van der Waals surface area (Å²) in [5.74, 6) is 2.25. The third-order valence-corrected chi connectivity index (χ3v) is 4.48. The van der Waals surface area contributed by atoms with E-state index in [0.717, 1.165) is 28.5 Å². The highest BCUT2D eigenvalue weighted by atomic mass is 16.6. The summed E-state index contributed by atoms with van der Waals surface area (Å²) in [5, 5.41) is 10.9. The number of ether oxygens (including phenoxy) is 3. The molecule has 152 valence electrons. The molecule has 2 aromatic carbocycles. The van der Waals surface area contributed by atoms with Crippen molar-refractivity contribution < 1.29 is 19.1 Å². The molecule has 0 radical (unpaired) electrons. The van der Waals surface area contributed by atoms with Crippen molar-refractivity contribution in [3.63, 3.8) is 0 Å². The summed E-state index contributed by atoms with van der Waals surface area (Å²) in [5.41, 5.74) is 2.28. The molecule has 0 aliphatic heterocycles. The van der Waals surface area contributed by atoms with Gasteiger partial charge in [-0.05, 0) is 54.6 Å². The molecule has 0 amide bonds. The minimum absolute atomic E-state index is 0.0204. The summed E-state index contributed by atoms with van der Waals surface area (Å²) < 4.78 is 18.1. The number of hydrogen-bond acceptors (Lipinski definition) is 6. The first kappa shape index (κ1) is 19.3. The van der Waals surface area contributed by atoms with Crippen molar-refractivity contribution in [2.45, 2.75) is 0 Å². The van der Waals surface area contributed by atoms with Crippen LogP contribution >= 0.6 is 0 Å². The number of fused-ring (bicyclic) bond motifs is 1. The van der Waals surface area contributed by atoms with Crippen molar-refractivity contribution in [3.05, 3.63) is 83.2 Å². The second-order valence-corrected chi connectivity index (χ2v) is 6.43. The Labute approximate surface area is 172 Å². The Balaban J connectivity index is 1.34. The van der Waals surface area contributed by atoms with Crippen LogP contribution in [0, 0.1) is 10.1 Å². The number of pyridine rings is 1. The molecule has 4 aromatic rings. The molecule has 8 nitrogen and oxygen atoms in total. The largest absolute Gasteiger partial charge is 0.497 e. The average molecular weight is 405 g/mol. The van der Waals surface area contributed by atoms with E-state index >= 15 is 0 Å². The summed E-state index contributed by atoms with van der Waals surface area (Å²) in [4.78, 5) is 15.0. The van der Waals surface area contributed by atoms with Gasteiger partial charge in [0, 0.05) is 17.8 Å². The van der Waals surface area contributed by atoms with Gasteiger partial charge < -0.3 is 14.2 Å². The van der Waals surface area contributed by atoms with Crippen molar-refractivity contribution >= 4 is 11.3 Å². The van der Waals surface area contributed by atoms with E-state index in [1.54, 1.807) is 23.8 Å². The summed E-state index contributed by atoms with van der Waals surface area (Å²) in [6.07, 6.45) is 3.22. The van der Waals surface area contributed by atoms with E-state index < -0.39 is 4.92 Å². The Kier molecular flexibility index (Phi) is 5.47. The van der Waals surface area contributed by atoms with Gasteiger partial charge in [-0.15, -0.1) is 0 Å². The van der Waals surface area contributed by atoms with Crippen molar-refractivity contribution in [2.24, 2.45) is 0 Å². The molecule has 0 unspecified atom stereocenters. The molecule has 2 heterocycles. The molecule has 0 saturated heterocycles. The maximum atomic E-state index is 10.9. The number of methoxy groups -OCH3 is 1. The Hall–Kier alpha value is -4.07. The molecule has 0 fully saturated rings. The van der Waals surface area contributed by atoms with Crippen molar-refractivity contribution in [2.75, 3.05) is 20.3 Å². The smallest absolute Gasteiger partial charge is 0.286 e. The highest BCUT2D eigenvalue weighted by Gasteiger charge is 2.10. The van der Waals surface area contributed by atoms with Gasteiger partial charge in [-0.3, -0.25) is 14.5 Å². The van der Waals surface area contributed by atoms with Gasteiger partial charge in [0.15, 0.2) is 0 Å². The second kappa shape index (κ2) is 8.52. The van der Waals surface area contributed by atoms with Crippen LogP contribution in [-0.4, -0.2) is 34.6 Å². The Morgan fingerprint density at radius 3 is 2.07 bits per heavy atom. The molecule has 0 spiro atoms. The molecule has 4 rings (SSSR count). The van der Waals surface area contributed by atoms with Crippen molar-refractivity contribution in [1.29, 1.82) is 0 Å². The summed E-state index contributed by atoms with van der Waals surface area (Å²) in [6.45, 7) is 0.822. The van der Waals surface area contributed by atoms with E-state index in [2.05, 4.69) is 4.98 Å². The first-order valence-corrected chi connectivity index (χ1v) is 9.25. The lowest BCUT2D eigenvalue weighted by Gasteiger charge is -2.09. The monoisotopic (exact) mass is 405 g/mol. The van der Waals surface area contributed by atoms with Crippen LogP contribution in [-0.2, 0) is 0 Å². The summed E-state index contributed by atoms with van der Waals surface area (Å²) in [6, 6.07) is 17.9. The number of imidazole rings is 1. The third-order valence-electron chi connectivity index (χ3n) is 4.48. The van der Waals surface area contributed by atoms with Gasteiger partial charge in [-0.2, -0.15) is 0 Å². The van der Waals surface area contributed by atoms with E-state index in [1.165, 1.54) is 12.3 Å². The SMILES string of the molecule is COc1ccc(OCCOc2ccc(-c3cn4cc([N+](=O)[O-])ccc4n3)cc2)cc1. The number of benzene rings is 2. The number of hydrogen-bond donors (Lipinski definition) is 0. The minimum atomic E-state index is -0.427. The Morgan fingerprint density at radius 2 is 1.47 bits per heavy atom. The van der Waals surface area contributed by atoms with Crippen LogP contribution in [0.1, 0.15) is 0 Å². The maximum Gasteiger partial charge on any atom is 0.286 e. The lowest BCUT2D eigenvalue weighted by Crippen LogP contribution is -2.08. The molecule has 30 heavy (non-hydrogen) atoms. The fourth-order valence-electron chi connectivity index (χ4n) is 2.94. The van der Waals surface area contributed by atoms with Crippen LogP contribution in [0.15, 0.2) is 73.1 Å². The zero-order chi connectivity index (χ0) is 20.9. The molecule has 8 heteroatoms. The molecule has 0 atom stereocenters.